The zero-order chi connectivity index (χ0) is 28.4. The van der Waals surface area contributed by atoms with Crippen LogP contribution in [0, 0.1) is 16.7 Å². The maximum atomic E-state index is 13.8. The lowest BCUT2D eigenvalue weighted by molar-refractivity contribution is 0.0111. The number of hydrogen-bond acceptors (Lipinski definition) is 3. The highest BCUT2D eigenvalue weighted by Crippen LogP contribution is 2.44. The fraction of sp³-hybridized carbons (Fsp3) is 0.486. The predicted octanol–water partition coefficient (Wildman–Crippen LogP) is 9.28. The van der Waals surface area contributed by atoms with E-state index in [1.165, 1.54) is 11.1 Å². The molecule has 38 heavy (non-hydrogen) atoms. The van der Waals surface area contributed by atoms with Gasteiger partial charge in [0, 0.05) is 16.5 Å². The molecule has 2 unspecified atom stereocenters. The van der Waals surface area contributed by atoms with E-state index in [-0.39, 0.29) is 28.6 Å². The van der Waals surface area contributed by atoms with Crippen LogP contribution >= 0.6 is 0 Å². The van der Waals surface area contributed by atoms with Crippen molar-refractivity contribution in [2.45, 2.75) is 93.6 Å². The summed E-state index contributed by atoms with van der Waals surface area (Å²) in [6.45, 7) is 21.4. The van der Waals surface area contributed by atoms with Gasteiger partial charge in [0.15, 0.2) is 5.78 Å². The van der Waals surface area contributed by atoms with Gasteiger partial charge in [0.05, 0.1) is 5.56 Å². The van der Waals surface area contributed by atoms with E-state index in [4.69, 9.17) is 4.74 Å². The van der Waals surface area contributed by atoms with Gasteiger partial charge in [0.25, 0.3) is 0 Å². The quantitative estimate of drug-likeness (QED) is 0.190. The monoisotopic (exact) mass is 514 g/mol. The standard InChI is InChI=1S/C35H46O3/c1-22(2)26-16-18-29(31(21-26)23(3)4)32(36)28-13-11-12-14-30(28)33(37)38-25(6)34(7,8)20-19-27-17-15-24(5)35(27,9)10/h11-16,18-23,25,27H,17H2,1-10H3. The van der Waals surface area contributed by atoms with E-state index in [1.54, 1.807) is 24.3 Å². The summed E-state index contributed by atoms with van der Waals surface area (Å²) in [7, 11) is 0. The Morgan fingerprint density at radius 3 is 2.13 bits per heavy atom. The lowest BCUT2D eigenvalue weighted by atomic mass is 9.76. The molecule has 0 fully saturated rings. The number of carbonyl (C=O) groups is 2. The third-order valence-corrected chi connectivity index (χ3v) is 8.71. The molecule has 2 aromatic carbocycles. The molecule has 1 aliphatic carbocycles. The Morgan fingerprint density at radius 1 is 0.947 bits per heavy atom. The third kappa shape index (κ3) is 6.20. The highest BCUT2D eigenvalue weighted by molar-refractivity contribution is 6.15. The van der Waals surface area contributed by atoms with Crippen molar-refractivity contribution in [3.63, 3.8) is 0 Å². The summed E-state index contributed by atoms with van der Waals surface area (Å²) in [5, 5.41) is 0. The van der Waals surface area contributed by atoms with Crippen LogP contribution in [-0.2, 0) is 4.74 Å². The summed E-state index contributed by atoms with van der Waals surface area (Å²) < 4.78 is 5.99. The van der Waals surface area contributed by atoms with Crippen LogP contribution in [0.4, 0.5) is 0 Å². The van der Waals surface area contributed by atoms with E-state index < -0.39 is 5.97 Å². The van der Waals surface area contributed by atoms with Crippen LogP contribution in [0.15, 0.2) is 66.3 Å². The van der Waals surface area contributed by atoms with Gasteiger partial charge in [-0.1, -0.05) is 116 Å². The topological polar surface area (TPSA) is 43.4 Å². The van der Waals surface area contributed by atoms with E-state index in [0.717, 1.165) is 12.0 Å². The van der Waals surface area contributed by atoms with Crippen molar-refractivity contribution < 1.29 is 14.3 Å². The molecule has 0 saturated heterocycles. The summed E-state index contributed by atoms with van der Waals surface area (Å²) in [5.41, 5.74) is 4.73. The van der Waals surface area contributed by atoms with Crippen molar-refractivity contribution in [1.29, 1.82) is 0 Å². The molecule has 2 atom stereocenters. The van der Waals surface area contributed by atoms with Gasteiger partial charge in [-0.3, -0.25) is 4.79 Å². The van der Waals surface area contributed by atoms with Crippen LogP contribution in [0.25, 0.3) is 0 Å². The molecular weight excluding hydrogens is 468 g/mol. The fourth-order valence-electron chi connectivity index (χ4n) is 4.98. The maximum Gasteiger partial charge on any atom is 0.339 e. The van der Waals surface area contributed by atoms with Gasteiger partial charge in [0.1, 0.15) is 6.10 Å². The van der Waals surface area contributed by atoms with E-state index >= 15 is 0 Å². The van der Waals surface area contributed by atoms with Gasteiger partial charge in [-0.15, -0.1) is 0 Å². The number of allylic oxidation sites excluding steroid dienone is 3. The molecule has 204 valence electrons. The number of ketones is 1. The van der Waals surface area contributed by atoms with Gasteiger partial charge < -0.3 is 4.74 Å². The zero-order valence-electron chi connectivity index (χ0n) is 25.0. The highest BCUT2D eigenvalue weighted by atomic mass is 16.5. The van der Waals surface area contributed by atoms with Crippen LogP contribution in [-0.4, -0.2) is 17.9 Å². The molecule has 3 heteroatoms. The molecule has 0 N–H and O–H groups in total. The summed E-state index contributed by atoms with van der Waals surface area (Å²) in [6, 6.07) is 13.1. The second-order valence-corrected chi connectivity index (χ2v) is 12.7. The summed E-state index contributed by atoms with van der Waals surface area (Å²) in [5.74, 6) is 0.377. The molecule has 0 amide bonds. The minimum Gasteiger partial charge on any atom is -0.458 e. The smallest absolute Gasteiger partial charge is 0.339 e. The van der Waals surface area contributed by atoms with Crippen molar-refractivity contribution in [2.24, 2.45) is 16.7 Å². The van der Waals surface area contributed by atoms with Gasteiger partial charge >= 0.3 is 5.97 Å². The number of hydrogen-bond donors (Lipinski definition) is 0. The van der Waals surface area contributed by atoms with Crippen molar-refractivity contribution in [3.8, 4) is 0 Å². The lowest BCUT2D eigenvalue weighted by Gasteiger charge is -2.31. The predicted molar refractivity (Wildman–Crippen MR) is 158 cm³/mol. The van der Waals surface area contributed by atoms with Crippen LogP contribution in [0.3, 0.4) is 0 Å². The molecule has 0 spiro atoms. The average molecular weight is 515 g/mol. The minimum atomic E-state index is -0.466. The average Bonchev–Trinajstić information content (AvgIpc) is 3.12. The van der Waals surface area contributed by atoms with Gasteiger partial charge in [-0.25, -0.2) is 4.79 Å². The van der Waals surface area contributed by atoms with Crippen molar-refractivity contribution in [2.75, 3.05) is 0 Å². The summed E-state index contributed by atoms with van der Waals surface area (Å²) in [6.07, 6.45) is 7.45. The molecule has 0 bridgehead atoms. The molecule has 1 aliphatic rings. The molecule has 3 rings (SSSR count). The summed E-state index contributed by atoms with van der Waals surface area (Å²) in [4.78, 5) is 27.2. The van der Waals surface area contributed by atoms with Crippen LogP contribution < -0.4 is 0 Å². The first-order valence-corrected chi connectivity index (χ1v) is 14.0. The summed E-state index contributed by atoms with van der Waals surface area (Å²) >= 11 is 0. The number of rotatable bonds is 9. The third-order valence-electron chi connectivity index (χ3n) is 8.71. The zero-order valence-corrected chi connectivity index (χ0v) is 25.0. The molecule has 0 radical (unpaired) electrons. The highest BCUT2D eigenvalue weighted by Gasteiger charge is 2.35. The second-order valence-electron chi connectivity index (χ2n) is 12.7. The van der Waals surface area contributed by atoms with Gasteiger partial charge in [0.2, 0.25) is 0 Å². The molecule has 0 aliphatic heterocycles. The number of carbonyl (C=O) groups excluding carboxylic acids is 2. The number of benzene rings is 2. The Bertz CT molecular complexity index is 1240. The van der Waals surface area contributed by atoms with Gasteiger partial charge in [-0.05, 0) is 60.6 Å². The van der Waals surface area contributed by atoms with E-state index in [0.29, 0.717) is 28.5 Å². The largest absolute Gasteiger partial charge is 0.458 e. The normalized spacial score (nSPS) is 18.2. The van der Waals surface area contributed by atoms with Crippen LogP contribution in [0.1, 0.15) is 125 Å². The van der Waals surface area contributed by atoms with Crippen molar-refractivity contribution in [1.82, 2.24) is 0 Å². The lowest BCUT2D eigenvalue weighted by Crippen LogP contribution is -2.31. The minimum absolute atomic E-state index is 0.133. The van der Waals surface area contributed by atoms with E-state index in [1.807, 2.05) is 19.1 Å². The van der Waals surface area contributed by atoms with E-state index in [9.17, 15) is 9.59 Å². The maximum absolute atomic E-state index is 13.8. The number of esters is 1. The number of ether oxygens (including phenoxy) is 1. The molecule has 0 saturated carbocycles. The van der Waals surface area contributed by atoms with Gasteiger partial charge in [-0.2, -0.15) is 0 Å². The van der Waals surface area contributed by atoms with Crippen LogP contribution in [0.5, 0.6) is 0 Å². The Hall–Kier alpha value is -2.94. The molecule has 0 heterocycles. The molecule has 2 aromatic rings. The first-order chi connectivity index (χ1) is 17.7. The van der Waals surface area contributed by atoms with Crippen molar-refractivity contribution in [3.05, 3.63) is 94.1 Å². The van der Waals surface area contributed by atoms with Crippen LogP contribution in [0.2, 0.25) is 0 Å². The second kappa shape index (κ2) is 11.4. The Balaban J connectivity index is 1.84. The Morgan fingerprint density at radius 2 is 1.58 bits per heavy atom. The van der Waals surface area contributed by atoms with E-state index in [2.05, 4.69) is 86.6 Å². The first-order valence-electron chi connectivity index (χ1n) is 14.0. The molecule has 0 aromatic heterocycles. The fourth-order valence-corrected chi connectivity index (χ4v) is 4.98. The Labute approximate surface area is 230 Å². The van der Waals surface area contributed by atoms with Crippen molar-refractivity contribution >= 4 is 11.8 Å². The first kappa shape index (κ1) is 29.6. The Kier molecular flexibility index (Phi) is 8.91. The SMILES string of the molecule is CC1=CCC(C=CC(C)(C)C(C)OC(=O)c2ccccc2C(=O)c2ccc(C(C)C)cc2C(C)C)C1(C)C. The molecule has 3 nitrogen and oxygen atoms in total. The molecular formula is C35H46O3.